The van der Waals surface area contributed by atoms with Crippen LogP contribution in [0.5, 0.6) is 0 Å². The van der Waals surface area contributed by atoms with E-state index in [1.54, 1.807) is 6.07 Å². The zero-order valence-corrected chi connectivity index (χ0v) is 12.7. The first-order valence-corrected chi connectivity index (χ1v) is 7.24. The lowest BCUT2D eigenvalue weighted by molar-refractivity contribution is -0.129. The van der Waals surface area contributed by atoms with Crippen molar-refractivity contribution in [2.45, 2.75) is 32.3 Å². The molecule has 6 heteroatoms. The fraction of sp³-hybridized carbons (Fsp3) is 0.429. The molecule has 20 heavy (non-hydrogen) atoms. The number of hydrogen-bond acceptors (Lipinski definition) is 3. The average molecular weight is 342 g/mol. The Bertz CT molecular complexity index is 538. The van der Waals surface area contributed by atoms with E-state index in [0.717, 1.165) is 18.4 Å². The number of ether oxygens (including phenoxy) is 1. The third kappa shape index (κ3) is 3.37. The Hall–Kier alpha value is -1.40. The van der Waals surface area contributed by atoms with Crippen molar-refractivity contribution in [1.29, 1.82) is 0 Å². The number of carbonyl (C=O) groups excluding carboxylic acids is 1. The summed E-state index contributed by atoms with van der Waals surface area (Å²) in [4.78, 5) is 23.2. The molecule has 108 valence electrons. The predicted molar refractivity (Wildman–Crippen MR) is 78.1 cm³/mol. The van der Waals surface area contributed by atoms with Crippen molar-refractivity contribution in [2.24, 2.45) is 0 Å². The van der Waals surface area contributed by atoms with E-state index in [0.29, 0.717) is 23.2 Å². The molecule has 0 radical (unpaired) electrons. The number of aryl methyl sites for hydroxylation is 1. The fourth-order valence-electron chi connectivity index (χ4n) is 2.13. The lowest BCUT2D eigenvalue weighted by Gasteiger charge is -2.22. The van der Waals surface area contributed by atoms with Crippen LogP contribution in [0.25, 0.3) is 0 Å². The van der Waals surface area contributed by atoms with Crippen LogP contribution >= 0.6 is 15.9 Å². The zero-order chi connectivity index (χ0) is 14.7. The Kier molecular flexibility index (Phi) is 4.77. The molecule has 1 aromatic rings. The van der Waals surface area contributed by atoms with Crippen LogP contribution in [-0.2, 0) is 9.53 Å². The number of amides is 1. The molecule has 2 rings (SSSR count). The number of rotatable bonds is 3. The van der Waals surface area contributed by atoms with Gasteiger partial charge in [-0.05, 0) is 59.8 Å². The molecule has 1 aliphatic rings. The number of carboxylic acid groups (broad SMARTS) is 1. The number of carboxylic acids is 1. The van der Waals surface area contributed by atoms with Crippen LogP contribution in [0.1, 0.15) is 35.2 Å². The highest BCUT2D eigenvalue weighted by Crippen LogP contribution is 2.26. The first kappa shape index (κ1) is 15.0. The van der Waals surface area contributed by atoms with Gasteiger partial charge in [0.2, 0.25) is 0 Å². The van der Waals surface area contributed by atoms with Crippen molar-refractivity contribution in [3.05, 3.63) is 27.7 Å². The molecular formula is C14H16BrNO4. The molecule has 1 atom stereocenters. The van der Waals surface area contributed by atoms with E-state index >= 15 is 0 Å². The van der Waals surface area contributed by atoms with Crippen LogP contribution in [0, 0.1) is 6.92 Å². The van der Waals surface area contributed by atoms with Crippen molar-refractivity contribution in [3.63, 3.8) is 0 Å². The summed E-state index contributed by atoms with van der Waals surface area (Å²) in [6.45, 7) is 2.41. The summed E-state index contributed by atoms with van der Waals surface area (Å²) in [5.41, 5.74) is 1.42. The molecule has 2 N–H and O–H groups in total. The van der Waals surface area contributed by atoms with E-state index in [1.165, 1.54) is 6.07 Å². The maximum Gasteiger partial charge on any atom is 0.336 e. The van der Waals surface area contributed by atoms with Crippen LogP contribution in [-0.4, -0.2) is 29.7 Å². The van der Waals surface area contributed by atoms with Crippen LogP contribution in [0.15, 0.2) is 16.6 Å². The SMILES string of the molecule is Cc1cc(Br)c(C(=O)O)cc1NC(=O)C1CCCCO1. The van der Waals surface area contributed by atoms with Gasteiger partial charge >= 0.3 is 5.97 Å². The van der Waals surface area contributed by atoms with Gasteiger partial charge in [0.05, 0.1) is 5.56 Å². The minimum Gasteiger partial charge on any atom is -0.478 e. The van der Waals surface area contributed by atoms with Gasteiger partial charge in [-0.15, -0.1) is 0 Å². The molecule has 1 fully saturated rings. The second-order valence-electron chi connectivity index (χ2n) is 4.80. The molecule has 0 aliphatic carbocycles. The largest absolute Gasteiger partial charge is 0.478 e. The Morgan fingerprint density at radius 2 is 2.15 bits per heavy atom. The third-order valence-electron chi connectivity index (χ3n) is 3.27. The van der Waals surface area contributed by atoms with Gasteiger partial charge in [0.15, 0.2) is 0 Å². The van der Waals surface area contributed by atoms with Crippen molar-refractivity contribution >= 4 is 33.5 Å². The van der Waals surface area contributed by atoms with Crippen LogP contribution in [0.4, 0.5) is 5.69 Å². The molecule has 0 bridgehead atoms. The molecule has 1 unspecified atom stereocenters. The Morgan fingerprint density at radius 3 is 2.75 bits per heavy atom. The molecule has 1 amide bonds. The van der Waals surface area contributed by atoms with E-state index in [1.807, 2.05) is 6.92 Å². The van der Waals surface area contributed by atoms with Gasteiger partial charge in [0.1, 0.15) is 6.10 Å². The molecule has 0 spiro atoms. The number of carbonyl (C=O) groups is 2. The molecule has 0 saturated carbocycles. The Balaban J connectivity index is 2.18. The second-order valence-corrected chi connectivity index (χ2v) is 5.65. The second kappa shape index (κ2) is 6.37. The summed E-state index contributed by atoms with van der Waals surface area (Å²) in [5.74, 6) is -1.26. The number of halogens is 1. The number of aromatic carboxylic acids is 1. The van der Waals surface area contributed by atoms with Gasteiger partial charge in [-0.3, -0.25) is 4.79 Å². The number of anilines is 1. The van der Waals surface area contributed by atoms with Crippen molar-refractivity contribution in [2.75, 3.05) is 11.9 Å². The van der Waals surface area contributed by atoms with Crippen molar-refractivity contribution in [3.8, 4) is 0 Å². The molecule has 0 aromatic heterocycles. The van der Waals surface area contributed by atoms with Gasteiger partial charge in [-0.2, -0.15) is 0 Å². The highest BCUT2D eigenvalue weighted by Gasteiger charge is 2.23. The summed E-state index contributed by atoms with van der Waals surface area (Å²) >= 11 is 3.21. The summed E-state index contributed by atoms with van der Waals surface area (Å²) < 4.78 is 5.91. The van der Waals surface area contributed by atoms with Crippen LogP contribution in [0.2, 0.25) is 0 Å². The molecule has 1 aromatic carbocycles. The van der Waals surface area contributed by atoms with Crippen LogP contribution in [0.3, 0.4) is 0 Å². The van der Waals surface area contributed by atoms with Gasteiger partial charge in [0, 0.05) is 16.8 Å². The minimum absolute atomic E-state index is 0.121. The third-order valence-corrected chi connectivity index (χ3v) is 3.93. The highest BCUT2D eigenvalue weighted by molar-refractivity contribution is 9.10. The van der Waals surface area contributed by atoms with Gasteiger partial charge in [-0.25, -0.2) is 4.79 Å². The lowest BCUT2D eigenvalue weighted by Crippen LogP contribution is -2.33. The normalized spacial score (nSPS) is 18.6. The predicted octanol–water partition coefficient (Wildman–Crippen LogP) is 2.96. The minimum atomic E-state index is -1.04. The van der Waals surface area contributed by atoms with Gasteiger partial charge < -0.3 is 15.2 Å². The van der Waals surface area contributed by atoms with Gasteiger partial charge in [-0.1, -0.05) is 0 Å². The fourth-order valence-corrected chi connectivity index (χ4v) is 2.76. The molecule has 5 nitrogen and oxygen atoms in total. The first-order valence-electron chi connectivity index (χ1n) is 6.45. The molecule has 1 heterocycles. The summed E-state index contributed by atoms with van der Waals surface area (Å²) in [5, 5.41) is 11.9. The van der Waals surface area contributed by atoms with E-state index in [-0.39, 0.29) is 11.5 Å². The maximum absolute atomic E-state index is 12.1. The maximum atomic E-state index is 12.1. The lowest BCUT2D eigenvalue weighted by atomic mass is 10.1. The Labute approximate surface area is 125 Å². The van der Waals surface area contributed by atoms with Crippen molar-refractivity contribution in [1.82, 2.24) is 0 Å². The highest BCUT2D eigenvalue weighted by atomic mass is 79.9. The van der Waals surface area contributed by atoms with E-state index in [2.05, 4.69) is 21.2 Å². The average Bonchev–Trinajstić information content (AvgIpc) is 2.42. The van der Waals surface area contributed by atoms with E-state index in [9.17, 15) is 9.59 Å². The van der Waals surface area contributed by atoms with E-state index < -0.39 is 12.1 Å². The monoisotopic (exact) mass is 341 g/mol. The van der Waals surface area contributed by atoms with Gasteiger partial charge in [0.25, 0.3) is 5.91 Å². The number of nitrogens with one attached hydrogen (secondary N) is 1. The zero-order valence-electron chi connectivity index (χ0n) is 11.1. The Morgan fingerprint density at radius 1 is 1.40 bits per heavy atom. The number of hydrogen-bond donors (Lipinski definition) is 2. The molecular weight excluding hydrogens is 326 g/mol. The quantitative estimate of drug-likeness (QED) is 0.886. The summed E-state index contributed by atoms with van der Waals surface area (Å²) in [6.07, 6.45) is 2.20. The smallest absolute Gasteiger partial charge is 0.336 e. The van der Waals surface area contributed by atoms with Crippen molar-refractivity contribution < 1.29 is 19.4 Å². The first-order chi connectivity index (χ1) is 9.49. The molecule has 1 saturated heterocycles. The van der Waals surface area contributed by atoms with E-state index in [4.69, 9.17) is 9.84 Å². The standard InChI is InChI=1S/C14H16BrNO4/c1-8-6-10(15)9(14(18)19)7-11(8)16-13(17)12-4-2-3-5-20-12/h6-7,12H,2-5H2,1H3,(H,16,17)(H,18,19). The topological polar surface area (TPSA) is 75.6 Å². The summed E-state index contributed by atoms with van der Waals surface area (Å²) in [6, 6.07) is 3.14. The van der Waals surface area contributed by atoms with Crippen LogP contribution < -0.4 is 5.32 Å². The molecule has 1 aliphatic heterocycles. The summed E-state index contributed by atoms with van der Waals surface area (Å²) in [7, 11) is 0. The number of benzene rings is 1.